The summed E-state index contributed by atoms with van der Waals surface area (Å²) in [5.41, 5.74) is 2.02. The van der Waals surface area contributed by atoms with Crippen LogP contribution in [0.1, 0.15) is 19.4 Å². The van der Waals surface area contributed by atoms with E-state index in [9.17, 15) is 8.42 Å². The minimum atomic E-state index is -4.01. The number of para-hydroxylation sites is 1. The molecule has 0 amide bonds. The Labute approximate surface area is 120 Å². The Kier molecular flexibility index (Phi) is 4.36. The molecule has 0 saturated heterocycles. The van der Waals surface area contributed by atoms with Gasteiger partial charge in [-0.1, -0.05) is 24.3 Å². The fourth-order valence-electron chi connectivity index (χ4n) is 2.08. The van der Waals surface area contributed by atoms with E-state index in [1.165, 1.54) is 0 Å². The van der Waals surface area contributed by atoms with Crippen LogP contribution in [0.2, 0.25) is 0 Å². The molecule has 94 valence electrons. The van der Waals surface area contributed by atoms with Gasteiger partial charge < -0.3 is 5.32 Å². The molecule has 1 heterocycles. The maximum Gasteiger partial charge on any atom is 0.269 e. The van der Waals surface area contributed by atoms with Crippen molar-refractivity contribution >= 4 is 21.4 Å². The standard InChI is InChI=1S/C12H15NO3S.Zn/c1-12(2)7-9(8-17(14,15)16)10-5-3-4-6-11(10)13-12;/h3-7,13H,8H2,1-2H3,(H,14,15,16);. The zero-order valence-corrected chi connectivity index (χ0v) is 14.3. The van der Waals surface area contributed by atoms with Crippen molar-refractivity contribution in [3.8, 4) is 0 Å². The summed E-state index contributed by atoms with van der Waals surface area (Å²) < 4.78 is 31.0. The van der Waals surface area contributed by atoms with Gasteiger partial charge in [-0.25, -0.2) is 0 Å². The van der Waals surface area contributed by atoms with Crippen molar-refractivity contribution in [2.75, 3.05) is 11.1 Å². The molecule has 2 N–H and O–H groups in total. The average molecular weight is 319 g/mol. The molecule has 0 fully saturated rings. The van der Waals surface area contributed by atoms with Gasteiger partial charge in [0.05, 0.1) is 5.54 Å². The summed E-state index contributed by atoms with van der Waals surface area (Å²) >= 11 is 0. The van der Waals surface area contributed by atoms with E-state index in [4.69, 9.17) is 4.55 Å². The van der Waals surface area contributed by atoms with Gasteiger partial charge in [0.1, 0.15) is 5.75 Å². The SMILES string of the molecule is CC1(C)C=C(CS(=O)(=O)O)c2ccccc2N1.[Zn]. The number of hydrogen-bond donors (Lipinski definition) is 2. The van der Waals surface area contributed by atoms with Gasteiger partial charge >= 0.3 is 0 Å². The van der Waals surface area contributed by atoms with Crippen LogP contribution in [0, 0.1) is 0 Å². The van der Waals surface area contributed by atoms with Gasteiger partial charge in [0.15, 0.2) is 0 Å². The second-order valence-corrected chi connectivity index (χ2v) is 6.24. The Morgan fingerprint density at radius 1 is 1.28 bits per heavy atom. The molecular formula is C12H15NO3SZn. The summed E-state index contributed by atoms with van der Waals surface area (Å²) in [5, 5.41) is 3.30. The molecular weight excluding hydrogens is 304 g/mol. The third kappa shape index (κ3) is 3.64. The van der Waals surface area contributed by atoms with E-state index in [0.29, 0.717) is 5.57 Å². The van der Waals surface area contributed by atoms with Crippen molar-refractivity contribution in [3.63, 3.8) is 0 Å². The van der Waals surface area contributed by atoms with E-state index < -0.39 is 10.1 Å². The summed E-state index contributed by atoms with van der Waals surface area (Å²) in [7, 11) is -4.01. The predicted octanol–water partition coefficient (Wildman–Crippen LogP) is 2.16. The van der Waals surface area contributed by atoms with Crippen LogP contribution in [0.3, 0.4) is 0 Å². The molecule has 0 aromatic heterocycles. The number of nitrogens with one attached hydrogen (secondary N) is 1. The van der Waals surface area contributed by atoms with Crippen molar-refractivity contribution < 1.29 is 32.4 Å². The molecule has 1 aliphatic heterocycles. The van der Waals surface area contributed by atoms with E-state index in [1.54, 1.807) is 0 Å². The van der Waals surface area contributed by atoms with E-state index >= 15 is 0 Å². The summed E-state index contributed by atoms with van der Waals surface area (Å²) in [6, 6.07) is 7.47. The number of anilines is 1. The van der Waals surface area contributed by atoms with E-state index in [1.807, 2.05) is 44.2 Å². The van der Waals surface area contributed by atoms with Gasteiger partial charge in [0.25, 0.3) is 10.1 Å². The van der Waals surface area contributed by atoms with Gasteiger partial charge in [-0.15, -0.1) is 0 Å². The maximum absolute atomic E-state index is 11.0. The van der Waals surface area contributed by atoms with Crippen molar-refractivity contribution in [1.29, 1.82) is 0 Å². The van der Waals surface area contributed by atoms with Gasteiger partial charge in [0.2, 0.25) is 0 Å². The van der Waals surface area contributed by atoms with Crippen LogP contribution in [0.15, 0.2) is 30.3 Å². The van der Waals surface area contributed by atoms with Crippen LogP contribution in [0.5, 0.6) is 0 Å². The first-order chi connectivity index (χ1) is 7.77. The molecule has 0 atom stereocenters. The van der Waals surface area contributed by atoms with Crippen LogP contribution in [0.25, 0.3) is 5.57 Å². The van der Waals surface area contributed by atoms with Crippen molar-refractivity contribution in [2.24, 2.45) is 0 Å². The molecule has 0 unspecified atom stereocenters. The monoisotopic (exact) mass is 317 g/mol. The molecule has 1 aromatic carbocycles. The van der Waals surface area contributed by atoms with Crippen LogP contribution in [-0.4, -0.2) is 24.3 Å². The first-order valence-electron chi connectivity index (χ1n) is 5.31. The van der Waals surface area contributed by atoms with Crippen LogP contribution in [0.4, 0.5) is 5.69 Å². The number of rotatable bonds is 2. The Bertz CT molecular complexity index is 579. The van der Waals surface area contributed by atoms with E-state index in [0.717, 1.165) is 11.3 Å². The molecule has 18 heavy (non-hydrogen) atoms. The average Bonchev–Trinajstić information content (AvgIpc) is 2.13. The summed E-state index contributed by atoms with van der Waals surface area (Å²) in [6.45, 7) is 3.90. The van der Waals surface area contributed by atoms with Gasteiger partial charge in [-0.3, -0.25) is 4.55 Å². The smallest absolute Gasteiger partial charge is 0.269 e. The Balaban J connectivity index is 0.00000162. The molecule has 4 nitrogen and oxygen atoms in total. The molecule has 2 rings (SSSR count). The Hall–Kier alpha value is -0.707. The fourth-order valence-corrected chi connectivity index (χ4v) is 2.72. The zero-order chi connectivity index (χ0) is 12.7. The second-order valence-electron chi connectivity index (χ2n) is 4.79. The molecule has 6 heteroatoms. The molecule has 0 spiro atoms. The van der Waals surface area contributed by atoms with Gasteiger partial charge in [-0.05, 0) is 25.5 Å². The number of benzene rings is 1. The Morgan fingerprint density at radius 2 is 1.89 bits per heavy atom. The molecule has 1 aliphatic rings. The van der Waals surface area contributed by atoms with E-state index in [2.05, 4.69) is 5.32 Å². The molecule has 0 saturated carbocycles. The maximum atomic E-state index is 11.0. The van der Waals surface area contributed by atoms with Crippen molar-refractivity contribution in [1.82, 2.24) is 0 Å². The van der Waals surface area contributed by atoms with Crippen molar-refractivity contribution in [2.45, 2.75) is 19.4 Å². The van der Waals surface area contributed by atoms with E-state index in [-0.39, 0.29) is 30.8 Å². The van der Waals surface area contributed by atoms with Crippen molar-refractivity contribution in [3.05, 3.63) is 35.9 Å². The predicted molar refractivity (Wildman–Crippen MR) is 68.5 cm³/mol. The summed E-state index contributed by atoms with van der Waals surface area (Å²) in [5.74, 6) is -0.352. The van der Waals surface area contributed by atoms with Crippen LogP contribution >= 0.6 is 0 Å². The summed E-state index contributed by atoms with van der Waals surface area (Å²) in [6.07, 6.45) is 1.84. The molecule has 0 bridgehead atoms. The van der Waals surface area contributed by atoms with Gasteiger partial charge in [-0.2, -0.15) is 8.42 Å². The third-order valence-corrected chi connectivity index (χ3v) is 3.28. The first kappa shape index (κ1) is 15.4. The topological polar surface area (TPSA) is 66.4 Å². The molecule has 0 radical (unpaired) electrons. The minimum Gasteiger partial charge on any atom is -0.376 e. The van der Waals surface area contributed by atoms with Crippen LogP contribution < -0.4 is 5.32 Å². The fraction of sp³-hybridized carbons (Fsp3) is 0.333. The largest absolute Gasteiger partial charge is 0.376 e. The van der Waals surface area contributed by atoms with Crippen LogP contribution in [-0.2, 0) is 29.6 Å². The third-order valence-electron chi connectivity index (χ3n) is 2.60. The molecule has 1 aromatic rings. The normalized spacial score (nSPS) is 16.9. The number of fused-ring (bicyclic) bond motifs is 1. The summed E-state index contributed by atoms with van der Waals surface area (Å²) in [4.78, 5) is 0. The number of hydrogen-bond acceptors (Lipinski definition) is 3. The second kappa shape index (κ2) is 5.12. The van der Waals surface area contributed by atoms with Gasteiger partial charge in [0, 0.05) is 30.7 Å². The quantitative estimate of drug-likeness (QED) is 0.648. The first-order valence-corrected chi connectivity index (χ1v) is 6.92. The Morgan fingerprint density at radius 3 is 2.50 bits per heavy atom. The zero-order valence-electron chi connectivity index (χ0n) is 10.5. The minimum absolute atomic E-state index is 0. The molecule has 0 aliphatic carbocycles.